The van der Waals surface area contributed by atoms with E-state index in [0.29, 0.717) is 19.5 Å². The summed E-state index contributed by atoms with van der Waals surface area (Å²) in [5, 5.41) is 9.01. The van der Waals surface area contributed by atoms with Crippen LogP contribution in [0.25, 0.3) is 10.9 Å². The van der Waals surface area contributed by atoms with Gasteiger partial charge < -0.3 is 20.3 Å². The van der Waals surface area contributed by atoms with Gasteiger partial charge in [0.1, 0.15) is 17.1 Å². The molecule has 1 aromatic heterocycles. The molecule has 0 spiro atoms. The molecule has 0 aliphatic carbocycles. The number of hydrogen-bond donors (Lipinski definition) is 2. The summed E-state index contributed by atoms with van der Waals surface area (Å²) in [5.41, 5.74) is 4.27. The number of hydrogen-bond acceptors (Lipinski definition) is 5. The van der Waals surface area contributed by atoms with E-state index in [-0.39, 0.29) is 33.0 Å². The van der Waals surface area contributed by atoms with Crippen LogP contribution in [0.15, 0.2) is 15.9 Å². The number of nitrogens with two attached hydrogens (primary N) is 1. The number of thioether (sulfide) groups is 1. The van der Waals surface area contributed by atoms with Crippen LogP contribution in [0.4, 0.5) is 14.5 Å². The maximum atomic E-state index is 15.2. The van der Waals surface area contributed by atoms with Crippen LogP contribution in [0.2, 0.25) is 0 Å². The molecule has 9 heteroatoms. The number of rotatable bonds is 2. The van der Waals surface area contributed by atoms with Crippen LogP contribution in [0.1, 0.15) is 29.1 Å². The zero-order chi connectivity index (χ0) is 18.0. The van der Waals surface area contributed by atoms with E-state index in [4.69, 9.17) is 5.73 Å². The van der Waals surface area contributed by atoms with Crippen molar-refractivity contribution in [3.63, 3.8) is 0 Å². The van der Waals surface area contributed by atoms with Crippen molar-refractivity contribution in [3.05, 3.63) is 33.5 Å². The highest BCUT2D eigenvalue weighted by atomic mass is 32.2. The Kier molecular flexibility index (Phi) is 3.55. The largest absolute Gasteiger partial charge is 0.477 e. The van der Waals surface area contributed by atoms with Gasteiger partial charge in [-0.05, 0) is 19.4 Å². The van der Waals surface area contributed by atoms with Crippen molar-refractivity contribution in [3.8, 4) is 0 Å². The number of carbonyl (C=O) groups is 1. The molecule has 3 N–H and O–H groups in total. The fourth-order valence-corrected chi connectivity index (χ4v) is 4.70. The Balaban J connectivity index is 2.07. The van der Waals surface area contributed by atoms with Crippen LogP contribution in [-0.4, -0.2) is 34.8 Å². The number of carboxylic acids is 1. The van der Waals surface area contributed by atoms with Crippen molar-refractivity contribution in [2.45, 2.75) is 29.8 Å². The van der Waals surface area contributed by atoms with E-state index in [9.17, 15) is 19.1 Å². The second kappa shape index (κ2) is 5.43. The molecule has 25 heavy (non-hydrogen) atoms. The summed E-state index contributed by atoms with van der Waals surface area (Å²) in [6.07, 6.45) is 0.624. The molecule has 1 aromatic carbocycles. The first-order valence-electron chi connectivity index (χ1n) is 7.82. The molecule has 0 radical (unpaired) electrons. The molecule has 6 nitrogen and oxygen atoms in total. The smallest absolute Gasteiger partial charge is 0.342 e. The Morgan fingerprint density at radius 2 is 2.16 bits per heavy atom. The average Bonchev–Trinajstić information content (AvgIpc) is 2.94. The van der Waals surface area contributed by atoms with Crippen molar-refractivity contribution >= 4 is 34.3 Å². The van der Waals surface area contributed by atoms with Crippen molar-refractivity contribution in [2.24, 2.45) is 5.73 Å². The molecule has 0 bridgehead atoms. The Morgan fingerprint density at radius 1 is 1.44 bits per heavy atom. The SMILES string of the molecule is CC1Sc2c(C(=O)O)c(=O)c3cc(F)c(N4CC[C@@H](N)C4)c(F)c3n21. The summed E-state index contributed by atoms with van der Waals surface area (Å²) >= 11 is 1.18. The third kappa shape index (κ3) is 2.18. The van der Waals surface area contributed by atoms with Crippen LogP contribution in [0, 0.1) is 11.6 Å². The topological polar surface area (TPSA) is 88.6 Å². The summed E-state index contributed by atoms with van der Waals surface area (Å²) in [7, 11) is 0. The van der Waals surface area contributed by atoms with Crippen LogP contribution in [0.3, 0.4) is 0 Å². The molecule has 1 fully saturated rings. The van der Waals surface area contributed by atoms with E-state index >= 15 is 4.39 Å². The lowest BCUT2D eigenvalue weighted by Crippen LogP contribution is -2.31. The maximum absolute atomic E-state index is 15.2. The Hall–Kier alpha value is -2.13. The fraction of sp³-hybridized carbons (Fsp3) is 0.375. The zero-order valence-corrected chi connectivity index (χ0v) is 14.1. The lowest BCUT2D eigenvalue weighted by atomic mass is 10.1. The van der Waals surface area contributed by atoms with Gasteiger partial charge in [0.05, 0.1) is 21.3 Å². The number of aromatic carboxylic acids is 1. The van der Waals surface area contributed by atoms with Gasteiger partial charge in [-0.25, -0.2) is 13.6 Å². The van der Waals surface area contributed by atoms with Gasteiger partial charge >= 0.3 is 5.97 Å². The van der Waals surface area contributed by atoms with Gasteiger partial charge in [-0.3, -0.25) is 4.79 Å². The number of pyridine rings is 1. The second-order valence-electron chi connectivity index (χ2n) is 6.31. The van der Waals surface area contributed by atoms with Crippen molar-refractivity contribution in [2.75, 3.05) is 18.0 Å². The molecule has 4 rings (SSSR count). The molecule has 2 atom stereocenters. The number of benzene rings is 1. The Bertz CT molecular complexity index is 991. The number of halogens is 2. The molecule has 2 aliphatic heterocycles. The summed E-state index contributed by atoms with van der Waals surface area (Å²) in [5.74, 6) is -3.12. The predicted octanol–water partition coefficient (Wildman–Crippen LogP) is 2.14. The summed E-state index contributed by atoms with van der Waals surface area (Å²) < 4.78 is 31.3. The van der Waals surface area contributed by atoms with E-state index in [0.717, 1.165) is 6.07 Å². The highest BCUT2D eigenvalue weighted by Gasteiger charge is 2.36. The highest BCUT2D eigenvalue weighted by Crippen LogP contribution is 2.47. The zero-order valence-electron chi connectivity index (χ0n) is 13.3. The van der Waals surface area contributed by atoms with Crippen LogP contribution >= 0.6 is 11.8 Å². The first-order chi connectivity index (χ1) is 11.8. The highest BCUT2D eigenvalue weighted by molar-refractivity contribution is 8.00. The maximum Gasteiger partial charge on any atom is 0.342 e. The number of fused-ring (bicyclic) bond motifs is 3. The first-order valence-corrected chi connectivity index (χ1v) is 8.70. The van der Waals surface area contributed by atoms with Gasteiger partial charge in [-0.2, -0.15) is 0 Å². The minimum atomic E-state index is -1.40. The normalized spacial score (nSPS) is 22.2. The molecule has 0 amide bonds. The molecule has 2 aliphatic rings. The third-order valence-electron chi connectivity index (χ3n) is 4.71. The summed E-state index contributed by atoms with van der Waals surface area (Å²) in [4.78, 5) is 25.5. The molecule has 132 valence electrons. The van der Waals surface area contributed by atoms with Gasteiger partial charge in [-0.15, -0.1) is 0 Å². The Morgan fingerprint density at radius 3 is 2.72 bits per heavy atom. The molecular formula is C16H15F2N3O3S. The lowest BCUT2D eigenvalue weighted by molar-refractivity contribution is 0.0689. The molecule has 3 heterocycles. The van der Waals surface area contributed by atoms with E-state index in [2.05, 4.69) is 0 Å². The van der Waals surface area contributed by atoms with Gasteiger partial charge in [0.2, 0.25) is 5.43 Å². The van der Waals surface area contributed by atoms with Gasteiger partial charge in [0, 0.05) is 19.1 Å². The summed E-state index contributed by atoms with van der Waals surface area (Å²) in [6, 6.07) is 0.777. The second-order valence-corrected chi connectivity index (χ2v) is 7.62. The minimum Gasteiger partial charge on any atom is -0.477 e. The quantitative estimate of drug-likeness (QED) is 0.846. The Labute approximate surface area is 145 Å². The van der Waals surface area contributed by atoms with Crippen LogP contribution < -0.4 is 16.1 Å². The number of aromatic nitrogens is 1. The molecule has 0 saturated carbocycles. The lowest BCUT2D eigenvalue weighted by Gasteiger charge is -2.33. The van der Waals surface area contributed by atoms with E-state index in [1.54, 1.807) is 6.92 Å². The molecule has 2 aromatic rings. The average molecular weight is 367 g/mol. The fourth-order valence-electron chi connectivity index (χ4n) is 3.56. The van der Waals surface area contributed by atoms with Gasteiger partial charge in [0.25, 0.3) is 0 Å². The van der Waals surface area contributed by atoms with Crippen molar-refractivity contribution < 1.29 is 18.7 Å². The van der Waals surface area contributed by atoms with E-state index in [1.807, 2.05) is 0 Å². The number of carboxylic acid groups (broad SMARTS) is 1. The monoisotopic (exact) mass is 367 g/mol. The number of nitrogens with zero attached hydrogens (tertiary/aromatic N) is 2. The van der Waals surface area contributed by atoms with Crippen LogP contribution in [0.5, 0.6) is 0 Å². The van der Waals surface area contributed by atoms with E-state index < -0.39 is 28.6 Å². The van der Waals surface area contributed by atoms with Gasteiger partial charge in [-0.1, -0.05) is 11.8 Å². The number of anilines is 1. The van der Waals surface area contributed by atoms with E-state index in [1.165, 1.54) is 21.2 Å². The first kappa shape index (κ1) is 16.3. The molecule has 1 saturated heterocycles. The molecular weight excluding hydrogens is 352 g/mol. The molecule has 1 unspecified atom stereocenters. The van der Waals surface area contributed by atoms with Crippen molar-refractivity contribution in [1.29, 1.82) is 0 Å². The van der Waals surface area contributed by atoms with Crippen LogP contribution in [-0.2, 0) is 0 Å². The summed E-state index contributed by atoms with van der Waals surface area (Å²) in [6.45, 7) is 2.52. The van der Waals surface area contributed by atoms with Gasteiger partial charge in [0.15, 0.2) is 5.82 Å². The minimum absolute atomic E-state index is 0.0480. The predicted molar refractivity (Wildman–Crippen MR) is 90.5 cm³/mol. The standard InChI is InChI=1S/C16H15F2N3O3S/c1-6-21-12-8(14(22)10(16(23)24)15(21)25-6)4-9(17)13(11(12)18)20-3-2-7(19)5-20/h4,6-7H,2-3,5,19H2,1H3,(H,23,24)/t6?,7-/m1/s1. The third-order valence-corrected chi connectivity index (χ3v) is 5.89. The van der Waals surface area contributed by atoms with Crippen molar-refractivity contribution in [1.82, 2.24) is 4.57 Å².